The maximum Gasteiger partial charge on any atom is 0.287 e. The number of aryl methyl sites for hydroxylation is 1. The molecule has 1 aromatic carbocycles. The number of anilines is 1. The van der Waals surface area contributed by atoms with Crippen LogP contribution in [0.4, 0.5) is 11.5 Å². The lowest BCUT2D eigenvalue weighted by molar-refractivity contribution is -0.382. The molecular weight excluding hydrogens is 465 g/mol. The number of non-ortho nitro benzene ring substituents is 1. The minimum Gasteiger partial charge on any atom is -0.306 e. The maximum absolute atomic E-state index is 12.5. The molecule has 0 aliphatic carbocycles. The van der Waals surface area contributed by atoms with Crippen molar-refractivity contribution in [1.29, 1.82) is 0 Å². The molecular formula is C15H9ClIN3O3S. The second-order valence-corrected chi connectivity index (χ2v) is 7.43. The fraction of sp³-hybridized carbons (Fsp3) is 0.0667. The van der Waals surface area contributed by atoms with Crippen molar-refractivity contribution < 1.29 is 9.72 Å². The monoisotopic (exact) mass is 473 g/mol. The lowest BCUT2D eigenvalue weighted by Gasteiger charge is -2.05. The minimum atomic E-state index is -0.485. The smallest absolute Gasteiger partial charge is 0.287 e. The van der Waals surface area contributed by atoms with Gasteiger partial charge in [-0.25, -0.2) is 4.98 Å². The predicted octanol–water partition coefficient (Wildman–Crippen LogP) is 5.02. The van der Waals surface area contributed by atoms with E-state index in [1.165, 1.54) is 6.07 Å². The number of nitro benzene ring substituents is 1. The summed E-state index contributed by atoms with van der Waals surface area (Å²) in [6.07, 6.45) is 0. The average molecular weight is 474 g/mol. The maximum atomic E-state index is 12.5. The number of amides is 1. The third-order valence-corrected chi connectivity index (χ3v) is 6.17. The van der Waals surface area contributed by atoms with Crippen LogP contribution in [-0.4, -0.2) is 15.8 Å². The number of hydrogen-bond acceptors (Lipinski definition) is 5. The fourth-order valence-electron chi connectivity index (χ4n) is 2.15. The quantitative estimate of drug-likeness (QED) is 0.329. The Labute approximate surface area is 159 Å². The Morgan fingerprint density at radius 2 is 2.12 bits per heavy atom. The van der Waals surface area contributed by atoms with Crippen LogP contribution in [0.15, 0.2) is 30.3 Å². The molecule has 0 aliphatic heterocycles. The number of nitrogens with zero attached hydrogens (tertiary/aromatic N) is 2. The van der Waals surface area contributed by atoms with Crippen LogP contribution in [0.1, 0.15) is 15.4 Å². The molecule has 0 fully saturated rings. The third kappa shape index (κ3) is 3.08. The molecule has 2 heterocycles. The van der Waals surface area contributed by atoms with Gasteiger partial charge in [-0.05, 0) is 41.6 Å². The van der Waals surface area contributed by atoms with Crippen LogP contribution in [0.3, 0.4) is 0 Å². The molecule has 122 valence electrons. The second-order valence-electron chi connectivity index (χ2n) is 4.87. The number of aromatic nitrogens is 1. The summed E-state index contributed by atoms with van der Waals surface area (Å²) in [5, 5.41) is 14.5. The van der Waals surface area contributed by atoms with E-state index in [2.05, 4.69) is 32.9 Å². The van der Waals surface area contributed by atoms with Crippen molar-refractivity contribution in [3.05, 3.63) is 59.6 Å². The standard InChI is InChI=1S/C15H9ClIN3O3S/c1-7-9(17)5-6-11(18-7)19-15(21)14-12(16)8-3-2-4-10(20(22)23)13(8)24-14/h2-6H,1H3,(H,18,19,21). The molecule has 24 heavy (non-hydrogen) atoms. The molecule has 1 N–H and O–H groups in total. The molecule has 0 unspecified atom stereocenters. The molecule has 0 aliphatic rings. The highest BCUT2D eigenvalue weighted by Crippen LogP contribution is 2.40. The Kier molecular flexibility index (Phi) is 4.70. The summed E-state index contributed by atoms with van der Waals surface area (Å²) in [4.78, 5) is 27.6. The Morgan fingerprint density at radius 1 is 1.38 bits per heavy atom. The van der Waals surface area contributed by atoms with Gasteiger partial charge in [0.05, 0.1) is 15.6 Å². The van der Waals surface area contributed by atoms with Gasteiger partial charge in [-0.1, -0.05) is 23.7 Å². The highest BCUT2D eigenvalue weighted by atomic mass is 127. The number of rotatable bonds is 3. The number of carbonyl (C=O) groups excluding carboxylic acids is 1. The number of carbonyl (C=O) groups is 1. The Bertz CT molecular complexity index is 989. The van der Waals surface area contributed by atoms with E-state index in [-0.39, 0.29) is 15.6 Å². The number of nitro groups is 1. The number of pyridine rings is 1. The zero-order valence-electron chi connectivity index (χ0n) is 12.2. The Hall–Kier alpha value is -1.78. The predicted molar refractivity (Wildman–Crippen MR) is 103 cm³/mol. The molecule has 9 heteroatoms. The van der Waals surface area contributed by atoms with E-state index in [1.807, 2.05) is 13.0 Å². The van der Waals surface area contributed by atoms with Crippen LogP contribution in [0.5, 0.6) is 0 Å². The highest BCUT2D eigenvalue weighted by Gasteiger charge is 2.23. The molecule has 0 atom stereocenters. The van der Waals surface area contributed by atoms with Crippen LogP contribution in [-0.2, 0) is 0 Å². The van der Waals surface area contributed by atoms with Gasteiger partial charge in [0.15, 0.2) is 0 Å². The van der Waals surface area contributed by atoms with E-state index in [9.17, 15) is 14.9 Å². The van der Waals surface area contributed by atoms with Crippen molar-refractivity contribution in [1.82, 2.24) is 4.98 Å². The molecule has 0 saturated heterocycles. The van der Waals surface area contributed by atoms with Gasteiger partial charge in [0.2, 0.25) is 0 Å². The first-order valence-corrected chi connectivity index (χ1v) is 8.95. The van der Waals surface area contributed by atoms with Gasteiger partial charge in [0.25, 0.3) is 11.6 Å². The van der Waals surface area contributed by atoms with E-state index in [4.69, 9.17) is 11.6 Å². The van der Waals surface area contributed by atoms with Crippen LogP contribution in [0, 0.1) is 20.6 Å². The summed E-state index contributed by atoms with van der Waals surface area (Å²) < 4.78 is 1.37. The topological polar surface area (TPSA) is 85.1 Å². The van der Waals surface area contributed by atoms with Crippen LogP contribution in [0.25, 0.3) is 10.1 Å². The van der Waals surface area contributed by atoms with E-state index in [1.54, 1.807) is 18.2 Å². The van der Waals surface area contributed by atoms with E-state index >= 15 is 0 Å². The van der Waals surface area contributed by atoms with Gasteiger partial charge in [-0.2, -0.15) is 0 Å². The fourth-order valence-corrected chi connectivity index (χ4v) is 3.94. The number of fused-ring (bicyclic) bond motifs is 1. The van der Waals surface area contributed by atoms with Crippen molar-refractivity contribution >= 4 is 73.0 Å². The molecule has 1 amide bonds. The molecule has 0 spiro atoms. The SMILES string of the molecule is Cc1nc(NC(=O)c2sc3c([N+](=O)[O-])cccc3c2Cl)ccc1I. The molecule has 0 saturated carbocycles. The Morgan fingerprint density at radius 3 is 2.79 bits per heavy atom. The molecule has 3 rings (SSSR count). The molecule has 0 radical (unpaired) electrons. The van der Waals surface area contributed by atoms with E-state index in [0.717, 1.165) is 20.6 Å². The zero-order valence-corrected chi connectivity index (χ0v) is 15.9. The van der Waals surface area contributed by atoms with Crippen LogP contribution < -0.4 is 5.32 Å². The van der Waals surface area contributed by atoms with Gasteiger partial charge >= 0.3 is 0 Å². The first kappa shape index (κ1) is 17.1. The van der Waals surface area contributed by atoms with Crippen molar-refractivity contribution in [3.63, 3.8) is 0 Å². The molecule has 6 nitrogen and oxygen atoms in total. The number of halogens is 2. The summed E-state index contributed by atoms with van der Waals surface area (Å²) >= 11 is 9.41. The summed E-state index contributed by atoms with van der Waals surface area (Å²) in [5.41, 5.74) is 0.730. The average Bonchev–Trinajstić information content (AvgIpc) is 2.88. The van der Waals surface area contributed by atoms with Crippen molar-refractivity contribution in [2.75, 3.05) is 5.32 Å². The lowest BCUT2D eigenvalue weighted by atomic mass is 10.2. The third-order valence-electron chi connectivity index (χ3n) is 3.30. The number of hydrogen-bond donors (Lipinski definition) is 1. The summed E-state index contributed by atoms with van der Waals surface area (Å²) in [6.45, 7) is 1.84. The molecule has 0 bridgehead atoms. The van der Waals surface area contributed by atoms with Gasteiger partial charge in [-0.15, -0.1) is 11.3 Å². The largest absolute Gasteiger partial charge is 0.306 e. The van der Waals surface area contributed by atoms with E-state index < -0.39 is 10.8 Å². The summed E-state index contributed by atoms with van der Waals surface area (Å²) in [7, 11) is 0. The first-order valence-electron chi connectivity index (χ1n) is 6.68. The van der Waals surface area contributed by atoms with Gasteiger partial charge in [0.1, 0.15) is 15.4 Å². The molecule has 3 aromatic rings. The normalized spacial score (nSPS) is 10.8. The van der Waals surface area contributed by atoms with Gasteiger partial charge < -0.3 is 5.32 Å². The Balaban J connectivity index is 2.01. The number of benzene rings is 1. The highest BCUT2D eigenvalue weighted by molar-refractivity contribution is 14.1. The summed E-state index contributed by atoms with van der Waals surface area (Å²) in [6, 6.07) is 8.13. The minimum absolute atomic E-state index is 0.0679. The number of nitrogens with one attached hydrogen (secondary N) is 1. The number of thiophene rings is 1. The van der Waals surface area contributed by atoms with E-state index in [0.29, 0.717) is 15.9 Å². The molecule has 2 aromatic heterocycles. The van der Waals surface area contributed by atoms with Gasteiger partial charge in [-0.3, -0.25) is 14.9 Å². The zero-order chi connectivity index (χ0) is 17.4. The van der Waals surface area contributed by atoms with Crippen molar-refractivity contribution in [2.24, 2.45) is 0 Å². The van der Waals surface area contributed by atoms with Crippen molar-refractivity contribution in [2.45, 2.75) is 6.92 Å². The van der Waals surface area contributed by atoms with Crippen LogP contribution in [0.2, 0.25) is 5.02 Å². The second kappa shape index (κ2) is 6.61. The van der Waals surface area contributed by atoms with Gasteiger partial charge in [0, 0.05) is 15.0 Å². The lowest BCUT2D eigenvalue weighted by Crippen LogP contribution is -2.12. The first-order chi connectivity index (χ1) is 11.4. The van der Waals surface area contributed by atoms with Crippen LogP contribution >= 0.6 is 45.5 Å². The van der Waals surface area contributed by atoms with Crippen molar-refractivity contribution in [3.8, 4) is 0 Å². The summed E-state index contributed by atoms with van der Waals surface area (Å²) in [5.74, 6) is -0.0375.